The Bertz CT molecular complexity index is 955. The van der Waals surface area contributed by atoms with Gasteiger partial charge in [-0.1, -0.05) is 0 Å². The zero-order valence-corrected chi connectivity index (χ0v) is 14.4. The Hall–Kier alpha value is -2.67. The largest absolute Gasteiger partial charge is 0.445 e. The molecule has 0 radical (unpaired) electrons. The van der Waals surface area contributed by atoms with Crippen molar-refractivity contribution in [1.29, 1.82) is 0 Å². The number of fused-ring (bicyclic) bond motifs is 2. The van der Waals surface area contributed by atoms with Gasteiger partial charge < -0.3 is 19.0 Å². The first-order valence-corrected chi connectivity index (χ1v) is 9.07. The highest BCUT2D eigenvalue weighted by molar-refractivity contribution is 5.94. The molecule has 0 bridgehead atoms. The number of hydrogen-bond donors (Lipinski definition) is 1. The van der Waals surface area contributed by atoms with Crippen LogP contribution in [0.4, 0.5) is 0 Å². The molecular formula is C19H20N4O3. The molecule has 3 aromatic heterocycles. The molecule has 0 aliphatic carbocycles. The summed E-state index contributed by atoms with van der Waals surface area (Å²) in [6.45, 7) is 2.62. The predicted molar refractivity (Wildman–Crippen MR) is 93.8 cm³/mol. The molecule has 0 aromatic carbocycles. The lowest BCUT2D eigenvalue weighted by atomic mass is 10.0. The minimum atomic E-state index is -0.0669. The summed E-state index contributed by atoms with van der Waals surface area (Å²) in [6.07, 6.45) is 4.42. The number of carbonyl (C=O) groups is 1. The van der Waals surface area contributed by atoms with Gasteiger partial charge in [-0.3, -0.25) is 4.79 Å². The van der Waals surface area contributed by atoms with Crippen LogP contribution in [0.1, 0.15) is 46.6 Å². The molecule has 3 aromatic rings. The third-order valence-electron chi connectivity index (χ3n) is 5.23. The summed E-state index contributed by atoms with van der Waals surface area (Å²) in [5.74, 6) is 1.99. The Labute approximate surface area is 150 Å². The lowest BCUT2D eigenvalue weighted by Crippen LogP contribution is -2.36. The normalized spacial score (nSPS) is 18.2. The van der Waals surface area contributed by atoms with Gasteiger partial charge in [-0.2, -0.15) is 0 Å². The van der Waals surface area contributed by atoms with Crippen LogP contribution in [0.2, 0.25) is 0 Å². The standard InChI is InChI=1S/C19H20N4O3/c24-19(14-2-1-12-3-7-20-17(12)21-14)23-8-4-16-15(11-23)22-18(26-16)13-5-9-25-10-6-13/h1-3,7,13H,4-6,8-11H2,(H,20,21). The molecular weight excluding hydrogens is 332 g/mol. The molecule has 0 saturated carbocycles. The molecule has 0 spiro atoms. The van der Waals surface area contributed by atoms with Gasteiger partial charge in [0, 0.05) is 43.7 Å². The summed E-state index contributed by atoms with van der Waals surface area (Å²) < 4.78 is 11.4. The number of H-pyrrole nitrogens is 1. The monoisotopic (exact) mass is 352 g/mol. The molecule has 0 atom stereocenters. The second kappa shape index (κ2) is 6.25. The van der Waals surface area contributed by atoms with Crippen LogP contribution in [0.5, 0.6) is 0 Å². The van der Waals surface area contributed by atoms with Crippen molar-refractivity contribution in [2.45, 2.75) is 31.7 Å². The van der Waals surface area contributed by atoms with Crippen LogP contribution < -0.4 is 0 Å². The van der Waals surface area contributed by atoms with E-state index in [9.17, 15) is 4.79 Å². The third kappa shape index (κ3) is 2.68. The smallest absolute Gasteiger partial charge is 0.272 e. The zero-order chi connectivity index (χ0) is 17.5. The number of pyridine rings is 1. The Morgan fingerprint density at radius 2 is 2.08 bits per heavy atom. The lowest BCUT2D eigenvalue weighted by Gasteiger charge is -2.24. The summed E-state index contributed by atoms with van der Waals surface area (Å²) in [4.78, 5) is 26.9. The molecule has 7 heteroatoms. The Morgan fingerprint density at radius 3 is 2.96 bits per heavy atom. The van der Waals surface area contributed by atoms with Crippen LogP contribution in [0.25, 0.3) is 11.0 Å². The first-order valence-electron chi connectivity index (χ1n) is 9.07. The van der Waals surface area contributed by atoms with E-state index in [4.69, 9.17) is 14.1 Å². The highest BCUT2D eigenvalue weighted by Gasteiger charge is 2.29. The quantitative estimate of drug-likeness (QED) is 0.766. The average molecular weight is 352 g/mol. The van der Waals surface area contributed by atoms with E-state index in [2.05, 4.69) is 9.97 Å². The molecule has 1 amide bonds. The number of nitrogens with zero attached hydrogens (tertiary/aromatic N) is 3. The molecule has 134 valence electrons. The van der Waals surface area contributed by atoms with E-state index in [0.717, 1.165) is 54.4 Å². The van der Waals surface area contributed by atoms with Crippen molar-refractivity contribution in [2.75, 3.05) is 19.8 Å². The van der Waals surface area contributed by atoms with Crippen LogP contribution in [-0.4, -0.2) is 45.5 Å². The molecule has 1 fully saturated rings. The van der Waals surface area contributed by atoms with Crippen LogP contribution in [0.15, 0.2) is 28.8 Å². The fourth-order valence-corrected chi connectivity index (χ4v) is 3.72. The summed E-state index contributed by atoms with van der Waals surface area (Å²) in [7, 11) is 0. The highest BCUT2D eigenvalue weighted by Crippen LogP contribution is 2.30. The van der Waals surface area contributed by atoms with Crippen molar-refractivity contribution in [3.05, 3.63) is 47.4 Å². The van der Waals surface area contributed by atoms with Crippen LogP contribution in [-0.2, 0) is 17.7 Å². The maximum Gasteiger partial charge on any atom is 0.272 e. The number of nitrogens with one attached hydrogen (secondary N) is 1. The number of amides is 1. The second-order valence-electron chi connectivity index (χ2n) is 6.90. The topological polar surface area (TPSA) is 84.2 Å². The van der Waals surface area contributed by atoms with Crippen molar-refractivity contribution in [2.24, 2.45) is 0 Å². The zero-order valence-electron chi connectivity index (χ0n) is 14.4. The number of aromatic nitrogens is 3. The minimum Gasteiger partial charge on any atom is -0.445 e. The van der Waals surface area contributed by atoms with Gasteiger partial charge in [0.2, 0.25) is 0 Å². The van der Waals surface area contributed by atoms with Crippen molar-refractivity contribution < 1.29 is 13.9 Å². The molecule has 5 rings (SSSR count). The second-order valence-corrected chi connectivity index (χ2v) is 6.90. The van der Waals surface area contributed by atoms with Crippen molar-refractivity contribution in [3.8, 4) is 0 Å². The molecule has 5 heterocycles. The average Bonchev–Trinajstić information content (AvgIpc) is 3.33. The number of oxazole rings is 1. The summed E-state index contributed by atoms with van der Waals surface area (Å²) in [5, 5.41) is 1.00. The first-order chi connectivity index (χ1) is 12.8. The van der Waals surface area contributed by atoms with Gasteiger partial charge in [0.05, 0.1) is 6.54 Å². The predicted octanol–water partition coefficient (Wildman–Crippen LogP) is 2.64. The van der Waals surface area contributed by atoms with Gasteiger partial charge in [-0.05, 0) is 31.0 Å². The van der Waals surface area contributed by atoms with E-state index in [1.807, 2.05) is 18.3 Å². The Balaban J connectivity index is 1.36. The summed E-state index contributed by atoms with van der Waals surface area (Å²) in [5.41, 5.74) is 2.07. The van der Waals surface area contributed by atoms with Crippen LogP contribution in [0, 0.1) is 0 Å². The maximum absolute atomic E-state index is 12.9. The number of hydrogen-bond acceptors (Lipinski definition) is 5. The highest BCUT2D eigenvalue weighted by atomic mass is 16.5. The van der Waals surface area contributed by atoms with E-state index in [0.29, 0.717) is 31.1 Å². The van der Waals surface area contributed by atoms with Crippen molar-refractivity contribution in [3.63, 3.8) is 0 Å². The fourth-order valence-electron chi connectivity index (χ4n) is 3.72. The maximum atomic E-state index is 12.9. The number of ether oxygens (including phenoxy) is 1. The summed E-state index contributed by atoms with van der Waals surface area (Å²) in [6, 6.07) is 5.64. The van der Waals surface area contributed by atoms with Crippen molar-refractivity contribution >= 4 is 16.9 Å². The van der Waals surface area contributed by atoms with E-state index in [1.54, 1.807) is 11.0 Å². The third-order valence-corrected chi connectivity index (χ3v) is 5.23. The van der Waals surface area contributed by atoms with Crippen LogP contribution in [0.3, 0.4) is 0 Å². The van der Waals surface area contributed by atoms with Gasteiger partial charge in [-0.15, -0.1) is 0 Å². The molecule has 2 aliphatic heterocycles. The van der Waals surface area contributed by atoms with Gasteiger partial charge in [-0.25, -0.2) is 9.97 Å². The minimum absolute atomic E-state index is 0.0669. The van der Waals surface area contributed by atoms with E-state index >= 15 is 0 Å². The lowest BCUT2D eigenvalue weighted by molar-refractivity contribution is 0.0720. The Morgan fingerprint density at radius 1 is 1.19 bits per heavy atom. The van der Waals surface area contributed by atoms with Gasteiger partial charge in [0.15, 0.2) is 5.89 Å². The van der Waals surface area contributed by atoms with Gasteiger partial charge >= 0.3 is 0 Å². The first kappa shape index (κ1) is 15.6. The van der Waals surface area contributed by atoms with E-state index in [-0.39, 0.29) is 5.91 Å². The number of carbonyl (C=O) groups excluding carboxylic acids is 1. The molecule has 1 saturated heterocycles. The molecule has 2 aliphatic rings. The molecule has 7 nitrogen and oxygen atoms in total. The van der Waals surface area contributed by atoms with Gasteiger partial charge in [0.1, 0.15) is 22.8 Å². The van der Waals surface area contributed by atoms with E-state index < -0.39 is 0 Å². The Kier molecular flexibility index (Phi) is 3.74. The van der Waals surface area contributed by atoms with Gasteiger partial charge in [0.25, 0.3) is 5.91 Å². The van der Waals surface area contributed by atoms with E-state index in [1.165, 1.54) is 0 Å². The number of rotatable bonds is 2. The van der Waals surface area contributed by atoms with Crippen molar-refractivity contribution in [1.82, 2.24) is 19.9 Å². The SMILES string of the molecule is O=C(c1ccc2cc[nH]c2n1)N1CCc2oc(C3CCOCC3)nc2C1. The van der Waals surface area contributed by atoms with Crippen LogP contribution >= 0.6 is 0 Å². The summed E-state index contributed by atoms with van der Waals surface area (Å²) >= 11 is 0. The molecule has 0 unspecified atom stereocenters. The number of aromatic amines is 1. The molecule has 1 N–H and O–H groups in total. The fraction of sp³-hybridized carbons (Fsp3) is 0.421. The molecule has 26 heavy (non-hydrogen) atoms.